The molecule has 1 fully saturated rings. The Morgan fingerprint density at radius 1 is 1.50 bits per heavy atom. The van der Waals surface area contributed by atoms with E-state index in [-0.39, 0.29) is 0 Å². The summed E-state index contributed by atoms with van der Waals surface area (Å²) >= 11 is 0. The Bertz CT molecular complexity index is 315. The largest absolute Gasteiger partial charge is 0.411 e. The molecule has 0 bridgehead atoms. The van der Waals surface area contributed by atoms with Gasteiger partial charge in [-0.05, 0) is 36.5 Å². The van der Waals surface area contributed by atoms with Gasteiger partial charge in [0, 0.05) is 13.5 Å². The van der Waals surface area contributed by atoms with E-state index < -0.39 is 0 Å². The topological polar surface area (TPSA) is 41.8 Å². The zero-order chi connectivity index (χ0) is 9.97. The number of rotatable bonds is 1. The summed E-state index contributed by atoms with van der Waals surface area (Å²) in [6, 6.07) is 0. The molecule has 0 radical (unpaired) electrons. The molecule has 0 heterocycles. The van der Waals surface area contributed by atoms with Gasteiger partial charge in [0.15, 0.2) is 0 Å². The number of nitrogens with zero attached hydrogens (tertiary/aromatic N) is 1. The average Bonchev–Trinajstić information content (AvgIpc) is 2.27. The molecule has 1 N–H and O–H groups in total. The van der Waals surface area contributed by atoms with Gasteiger partial charge in [0.05, 0.1) is 11.8 Å². The molecule has 0 aliphatic heterocycles. The van der Waals surface area contributed by atoms with Gasteiger partial charge in [0.2, 0.25) is 0 Å². The van der Waals surface area contributed by atoms with E-state index in [0.29, 0.717) is 6.10 Å². The lowest BCUT2D eigenvalue weighted by Gasteiger charge is -2.27. The van der Waals surface area contributed by atoms with Crippen LogP contribution in [0.5, 0.6) is 0 Å². The smallest absolute Gasteiger partial charge is 0.0836 e. The molecule has 1 atom stereocenters. The Kier molecular flexibility index (Phi) is 2.68. The van der Waals surface area contributed by atoms with Crippen molar-refractivity contribution in [3.05, 3.63) is 23.3 Å². The van der Waals surface area contributed by atoms with Crippen LogP contribution in [0, 0.1) is 0 Å². The van der Waals surface area contributed by atoms with Crippen LogP contribution >= 0.6 is 0 Å². The van der Waals surface area contributed by atoms with Crippen LogP contribution in [0.1, 0.15) is 25.7 Å². The molecular formula is C11H15NO2. The third kappa shape index (κ3) is 1.73. The van der Waals surface area contributed by atoms with E-state index in [1.807, 2.05) is 6.08 Å². The number of fused-ring (bicyclic) bond motifs is 1. The first-order chi connectivity index (χ1) is 6.83. The maximum Gasteiger partial charge on any atom is 0.0836 e. The van der Waals surface area contributed by atoms with Gasteiger partial charge in [-0.3, -0.25) is 0 Å². The first-order valence-corrected chi connectivity index (χ1v) is 4.97. The highest BCUT2D eigenvalue weighted by Crippen LogP contribution is 2.33. The second kappa shape index (κ2) is 3.96. The van der Waals surface area contributed by atoms with E-state index in [1.165, 1.54) is 11.1 Å². The molecule has 14 heavy (non-hydrogen) atoms. The van der Waals surface area contributed by atoms with Crippen molar-refractivity contribution in [3.63, 3.8) is 0 Å². The van der Waals surface area contributed by atoms with Crippen LogP contribution in [0.25, 0.3) is 0 Å². The maximum atomic E-state index is 8.69. The van der Waals surface area contributed by atoms with Crippen molar-refractivity contribution in [3.8, 4) is 0 Å². The lowest BCUT2D eigenvalue weighted by atomic mass is 9.83. The SMILES string of the molecule is COC1CCC2=CCC(=NO)C=C2C1. The second-order valence-electron chi connectivity index (χ2n) is 3.79. The van der Waals surface area contributed by atoms with Gasteiger partial charge in [-0.2, -0.15) is 0 Å². The summed E-state index contributed by atoms with van der Waals surface area (Å²) in [4.78, 5) is 0. The summed E-state index contributed by atoms with van der Waals surface area (Å²) in [6.45, 7) is 0. The van der Waals surface area contributed by atoms with Crippen molar-refractivity contribution in [2.24, 2.45) is 5.16 Å². The van der Waals surface area contributed by atoms with Gasteiger partial charge in [-0.25, -0.2) is 0 Å². The fourth-order valence-corrected chi connectivity index (χ4v) is 2.10. The van der Waals surface area contributed by atoms with Gasteiger partial charge < -0.3 is 9.94 Å². The van der Waals surface area contributed by atoms with Gasteiger partial charge in [0.25, 0.3) is 0 Å². The molecule has 76 valence electrons. The van der Waals surface area contributed by atoms with Crippen LogP contribution in [-0.4, -0.2) is 24.1 Å². The van der Waals surface area contributed by atoms with Crippen molar-refractivity contribution >= 4 is 5.71 Å². The summed E-state index contributed by atoms with van der Waals surface area (Å²) in [5.41, 5.74) is 3.44. The standard InChI is InChI=1S/C11H15NO2/c1-14-11-5-3-8-2-4-10(12-13)6-9(8)7-11/h2,6,11,13H,3-5,7H2,1H3. The van der Waals surface area contributed by atoms with Crippen molar-refractivity contribution in [1.82, 2.24) is 0 Å². The predicted molar refractivity (Wildman–Crippen MR) is 54.7 cm³/mol. The quantitative estimate of drug-likeness (QED) is 0.512. The van der Waals surface area contributed by atoms with E-state index in [9.17, 15) is 0 Å². The van der Waals surface area contributed by atoms with Gasteiger partial charge >= 0.3 is 0 Å². The number of ether oxygens (including phenoxy) is 1. The van der Waals surface area contributed by atoms with Crippen molar-refractivity contribution in [2.75, 3.05) is 7.11 Å². The highest BCUT2D eigenvalue weighted by atomic mass is 16.5. The summed E-state index contributed by atoms with van der Waals surface area (Å²) in [7, 11) is 1.75. The number of allylic oxidation sites excluding steroid dienone is 3. The average molecular weight is 193 g/mol. The molecule has 0 spiro atoms. The number of hydrogen-bond donors (Lipinski definition) is 1. The number of hydrogen-bond acceptors (Lipinski definition) is 3. The Morgan fingerprint density at radius 2 is 2.36 bits per heavy atom. The maximum absolute atomic E-state index is 8.69. The van der Waals surface area contributed by atoms with Crippen LogP contribution in [-0.2, 0) is 4.74 Å². The Balaban J connectivity index is 2.17. The Hall–Kier alpha value is -1.09. The van der Waals surface area contributed by atoms with E-state index >= 15 is 0 Å². The lowest BCUT2D eigenvalue weighted by molar-refractivity contribution is 0.0907. The summed E-state index contributed by atoms with van der Waals surface area (Å²) in [6.07, 6.45) is 8.37. The molecular weight excluding hydrogens is 178 g/mol. The molecule has 0 aromatic carbocycles. The minimum Gasteiger partial charge on any atom is -0.411 e. The van der Waals surface area contributed by atoms with Crippen molar-refractivity contribution in [2.45, 2.75) is 31.8 Å². The third-order valence-electron chi connectivity index (χ3n) is 2.96. The van der Waals surface area contributed by atoms with Crippen LogP contribution in [0.4, 0.5) is 0 Å². The zero-order valence-corrected chi connectivity index (χ0v) is 8.36. The van der Waals surface area contributed by atoms with Crippen LogP contribution in [0.2, 0.25) is 0 Å². The van der Waals surface area contributed by atoms with Crippen LogP contribution in [0.3, 0.4) is 0 Å². The van der Waals surface area contributed by atoms with E-state index in [1.54, 1.807) is 7.11 Å². The van der Waals surface area contributed by atoms with E-state index in [0.717, 1.165) is 31.4 Å². The van der Waals surface area contributed by atoms with E-state index in [2.05, 4.69) is 11.2 Å². The molecule has 0 saturated heterocycles. The second-order valence-corrected chi connectivity index (χ2v) is 3.79. The van der Waals surface area contributed by atoms with Crippen LogP contribution in [0.15, 0.2) is 28.5 Å². The van der Waals surface area contributed by atoms with Gasteiger partial charge in [0.1, 0.15) is 0 Å². The highest BCUT2D eigenvalue weighted by Gasteiger charge is 2.22. The fraction of sp³-hybridized carbons (Fsp3) is 0.545. The zero-order valence-electron chi connectivity index (χ0n) is 8.36. The predicted octanol–water partition coefficient (Wildman–Crippen LogP) is 2.27. The summed E-state index contributed by atoms with van der Waals surface area (Å²) < 4.78 is 5.34. The minimum atomic E-state index is 0.330. The molecule has 2 aliphatic carbocycles. The molecule has 2 aliphatic rings. The van der Waals surface area contributed by atoms with Gasteiger partial charge in [-0.1, -0.05) is 11.2 Å². The van der Waals surface area contributed by atoms with Crippen molar-refractivity contribution in [1.29, 1.82) is 0 Å². The lowest BCUT2D eigenvalue weighted by Crippen LogP contribution is -2.20. The molecule has 0 aromatic rings. The molecule has 3 heteroatoms. The molecule has 1 saturated carbocycles. The first-order valence-electron chi connectivity index (χ1n) is 4.97. The highest BCUT2D eigenvalue weighted by molar-refractivity contribution is 5.98. The third-order valence-corrected chi connectivity index (χ3v) is 2.96. The first kappa shape index (κ1) is 9.46. The van der Waals surface area contributed by atoms with E-state index in [4.69, 9.17) is 9.94 Å². The van der Waals surface area contributed by atoms with Crippen LogP contribution < -0.4 is 0 Å². The number of oxime groups is 1. The normalized spacial score (nSPS) is 29.5. The molecule has 3 nitrogen and oxygen atoms in total. The monoisotopic (exact) mass is 193 g/mol. The van der Waals surface area contributed by atoms with Gasteiger partial charge in [-0.15, -0.1) is 0 Å². The molecule has 0 aromatic heterocycles. The molecule has 2 rings (SSSR count). The minimum absolute atomic E-state index is 0.330. The Morgan fingerprint density at radius 3 is 3.07 bits per heavy atom. The fourth-order valence-electron chi connectivity index (χ4n) is 2.10. The summed E-state index contributed by atoms with van der Waals surface area (Å²) in [5, 5.41) is 11.9. The summed E-state index contributed by atoms with van der Waals surface area (Å²) in [5.74, 6) is 0. The molecule has 0 amide bonds. The van der Waals surface area contributed by atoms with Crippen molar-refractivity contribution < 1.29 is 9.94 Å². The molecule has 1 unspecified atom stereocenters. The Labute approximate surface area is 83.8 Å². The number of methoxy groups -OCH3 is 1.